The normalized spacial score (nSPS) is 10.6. The van der Waals surface area contributed by atoms with Gasteiger partial charge in [-0.05, 0) is 31.2 Å². The third-order valence-electron chi connectivity index (χ3n) is 3.91. The average Bonchev–Trinajstić information content (AvgIpc) is 3.26. The largest absolute Gasteiger partial charge is 0.393 e. The van der Waals surface area contributed by atoms with E-state index < -0.39 is 10.8 Å². The van der Waals surface area contributed by atoms with Gasteiger partial charge in [0.1, 0.15) is 5.69 Å². The van der Waals surface area contributed by atoms with Crippen LogP contribution >= 0.6 is 22.7 Å². The zero-order valence-corrected chi connectivity index (χ0v) is 17.1. The maximum absolute atomic E-state index is 12.5. The summed E-state index contributed by atoms with van der Waals surface area (Å²) in [5.41, 5.74) is 6.10. The third-order valence-corrected chi connectivity index (χ3v) is 5.89. The second-order valence-electron chi connectivity index (χ2n) is 6.08. The first-order valence-corrected chi connectivity index (χ1v) is 10.0. The molecule has 4 N–H and O–H groups in total. The molecule has 0 bridgehead atoms. The second-order valence-corrected chi connectivity index (χ2v) is 8.46. The van der Waals surface area contributed by atoms with E-state index >= 15 is 0 Å². The van der Waals surface area contributed by atoms with Crippen LogP contribution in [0.25, 0.3) is 10.6 Å². The number of nitro groups is 1. The molecule has 0 spiro atoms. The number of nitrogens with zero attached hydrogens (tertiary/aromatic N) is 2. The Balaban J connectivity index is 1.77. The molecule has 9 nitrogen and oxygen atoms in total. The fourth-order valence-electron chi connectivity index (χ4n) is 2.50. The Morgan fingerprint density at radius 1 is 1.24 bits per heavy atom. The number of anilines is 2. The zero-order chi connectivity index (χ0) is 21.1. The fourth-order valence-corrected chi connectivity index (χ4v) is 4.38. The Bertz CT molecular complexity index is 1110. The van der Waals surface area contributed by atoms with Crippen LogP contribution in [0, 0.1) is 17.0 Å². The van der Waals surface area contributed by atoms with Crippen molar-refractivity contribution in [1.29, 1.82) is 0 Å². The summed E-state index contributed by atoms with van der Waals surface area (Å²) in [6, 6.07) is 7.72. The van der Waals surface area contributed by atoms with Crippen LogP contribution < -0.4 is 16.4 Å². The molecular weight excluding hydrogens is 414 g/mol. The number of carbonyl (C=O) groups excluding carboxylic acids is 2. The van der Waals surface area contributed by atoms with Gasteiger partial charge >= 0.3 is 0 Å². The number of aromatic nitrogens is 1. The Hall–Kier alpha value is -3.31. The van der Waals surface area contributed by atoms with Gasteiger partial charge in [-0.15, -0.1) is 22.7 Å². The number of nitrogens with two attached hydrogens (primary N) is 1. The summed E-state index contributed by atoms with van der Waals surface area (Å²) in [6.45, 7) is 3.80. The number of thiazole rings is 1. The average molecular weight is 431 g/mol. The molecule has 150 valence electrons. The molecule has 0 saturated heterocycles. The highest BCUT2D eigenvalue weighted by Gasteiger charge is 2.18. The molecule has 0 aliphatic heterocycles. The molecule has 0 radical (unpaired) electrons. The van der Waals surface area contributed by atoms with Crippen molar-refractivity contribution >= 4 is 51.0 Å². The van der Waals surface area contributed by atoms with Crippen molar-refractivity contribution in [3.8, 4) is 10.6 Å². The summed E-state index contributed by atoms with van der Waals surface area (Å²) in [7, 11) is 0. The number of amides is 2. The Morgan fingerprint density at radius 3 is 2.69 bits per heavy atom. The van der Waals surface area contributed by atoms with Gasteiger partial charge in [-0.25, -0.2) is 4.98 Å². The van der Waals surface area contributed by atoms with Crippen molar-refractivity contribution in [3.05, 3.63) is 55.8 Å². The Labute approximate surface area is 173 Å². The van der Waals surface area contributed by atoms with E-state index in [1.807, 2.05) is 19.1 Å². The van der Waals surface area contributed by atoms with Crippen LogP contribution in [0.1, 0.15) is 27.0 Å². The van der Waals surface area contributed by atoms with Gasteiger partial charge in [0.2, 0.25) is 5.91 Å². The molecule has 0 saturated carbocycles. The summed E-state index contributed by atoms with van der Waals surface area (Å²) in [6.07, 6.45) is 0. The van der Waals surface area contributed by atoms with Gasteiger partial charge in [0, 0.05) is 28.3 Å². The van der Waals surface area contributed by atoms with E-state index in [2.05, 4.69) is 15.6 Å². The number of thiophene rings is 1. The van der Waals surface area contributed by atoms with E-state index in [9.17, 15) is 19.7 Å². The molecule has 0 atom stereocenters. The molecule has 0 fully saturated rings. The van der Waals surface area contributed by atoms with Crippen LogP contribution in [0.15, 0.2) is 30.3 Å². The summed E-state index contributed by atoms with van der Waals surface area (Å²) in [5, 5.41) is 16.8. The molecule has 3 rings (SSSR count). The number of carbonyl (C=O) groups is 2. The van der Waals surface area contributed by atoms with Gasteiger partial charge in [0.25, 0.3) is 11.6 Å². The van der Waals surface area contributed by atoms with Gasteiger partial charge in [-0.2, -0.15) is 0 Å². The van der Waals surface area contributed by atoms with Crippen molar-refractivity contribution in [2.24, 2.45) is 0 Å². The molecule has 2 amide bonds. The highest BCUT2D eigenvalue weighted by molar-refractivity contribution is 7.18. The van der Waals surface area contributed by atoms with Gasteiger partial charge < -0.3 is 11.1 Å². The van der Waals surface area contributed by atoms with E-state index in [4.69, 9.17) is 5.73 Å². The second kappa shape index (κ2) is 8.37. The van der Waals surface area contributed by atoms with E-state index in [0.29, 0.717) is 11.7 Å². The molecule has 29 heavy (non-hydrogen) atoms. The molecule has 2 aromatic heterocycles. The summed E-state index contributed by atoms with van der Waals surface area (Å²) in [4.78, 5) is 41.2. The van der Waals surface area contributed by atoms with Crippen molar-refractivity contribution in [2.75, 3.05) is 11.1 Å². The first-order valence-electron chi connectivity index (χ1n) is 8.41. The maximum atomic E-state index is 12.5. The number of nitrogens with one attached hydrogen (secondary N) is 2. The van der Waals surface area contributed by atoms with Crippen LogP contribution in [-0.4, -0.2) is 21.7 Å². The number of hydrogen-bond acceptors (Lipinski definition) is 8. The molecule has 0 unspecified atom stereocenters. The predicted octanol–water partition coefficient (Wildman–Crippen LogP) is 3.56. The number of nitrogen functional groups attached to an aromatic ring is 1. The lowest BCUT2D eigenvalue weighted by Gasteiger charge is -2.03. The minimum absolute atomic E-state index is 0.00769. The van der Waals surface area contributed by atoms with Crippen molar-refractivity contribution in [1.82, 2.24) is 10.3 Å². The molecular formula is C18H17N5O4S2. The van der Waals surface area contributed by atoms with E-state index in [-0.39, 0.29) is 22.8 Å². The minimum Gasteiger partial charge on any atom is -0.393 e. The molecule has 2 heterocycles. The van der Waals surface area contributed by atoms with E-state index in [1.165, 1.54) is 41.7 Å². The van der Waals surface area contributed by atoms with Gasteiger partial charge in [0.15, 0.2) is 5.13 Å². The zero-order valence-electron chi connectivity index (χ0n) is 15.5. The Kier molecular flexibility index (Phi) is 5.89. The summed E-state index contributed by atoms with van der Waals surface area (Å²) in [5.74, 6) is -0.608. The minimum atomic E-state index is -0.632. The maximum Gasteiger partial charge on any atom is 0.292 e. The number of hydrogen-bond donors (Lipinski definition) is 3. The lowest BCUT2D eigenvalue weighted by Crippen LogP contribution is -2.17. The van der Waals surface area contributed by atoms with Gasteiger partial charge in [0.05, 0.1) is 22.0 Å². The summed E-state index contributed by atoms with van der Waals surface area (Å²) >= 11 is 2.81. The quantitative estimate of drug-likeness (QED) is 0.310. The number of aryl methyl sites for hydroxylation is 1. The first-order chi connectivity index (χ1) is 13.7. The third kappa shape index (κ3) is 4.76. The van der Waals surface area contributed by atoms with Crippen molar-refractivity contribution in [2.45, 2.75) is 20.4 Å². The lowest BCUT2D eigenvalue weighted by molar-refractivity contribution is -0.383. The fraction of sp³-hybridized carbons (Fsp3) is 0.167. The highest BCUT2D eigenvalue weighted by Crippen LogP contribution is 2.35. The van der Waals surface area contributed by atoms with E-state index in [0.717, 1.165) is 26.4 Å². The molecule has 3 aromatic rings. The van der Waals surface area contributed by atoms with Gasteiger partial charge in [-0.1, -0.05) is 0 Å². The van der Waals surface area contributed by atoms with Crippen molar-refractivity contribution in [3.63, 3.8) is 0 Å². The monoisotopic (exact) mass is 431 g/mol. The molecule has 11 heteroatoms. The molecule has 1 aromatic carbocycles. The SMILES string of the molecule is CC(=O)NCc1ccc(-c2nc(NC(=O)c3ccc(N)c([N+](=O)[O-])c3)sc2C)s1. The van der Waals surface area contributed by atoms with Crippen LogP contribution in [-0.2, 0) is 11.3 Å². The van der Waals surface area contributed by atoms with E-state index in [1.54, 1.807) is 0 Å². The first kappa shape index (κ1) is 20.4. The highest BCUT2D eigenvalue weighted by atomic mass is 32.1. The number of benzene rings is 1. The van der Waals surface area contributed by atoms with Gasteiger partial charge in [-0.3, -0.25) is 25.0 Å². The van der Waals surface area contributed by atoms with Crippen LogP contribution in [0.3, 0.4) is 0 Å². The van der Waals surface area contributed by atoms with Crippen LogP contribution in [0.2, 0.25) is 0 Å². The predicted molar refractivity (Wildman–Crippen MR) is 113 cm³/mol. The summed E-state index contributed by atoms with van der Waals surface area (Å²) < 4.78 is 0. The standard InChI is InChI=1S/C18H17N5O4S2/c1-9-16(15-6-4-12(29-15)8-20-10(2)24)21-18(28-9)22-17(25)11-3-5-13(19)14(7-11)23(26)27/h3-7H,8,19H2,1-2H3,(H,20,24)(H,21,22,25). The lowest BCUT2D eigenvalue weighted by atomic mass is 10.1. The molecule has 0 aliphatic carbocycles. The Morgan fingerprint density at radius 2 is 2.00 bits per heavy atom. The van der Waals surface area contributed by atoms with Crippen molar-refractivity contribution < 1.29 is 14.5 Å². The topological polar surface area (TPSA) is 140 Å². The smallest absolute Gasteiger partial charge is 0.292 e. The number of rotatable bonds is 6. The van der Waals surface area contributed by atoms with Crippen LogP contribution in [0.5, 0.6) is 0 Å². The molecule has 0 aliphatic rings. The van der Waals surface area contributed by atoms with Crippen LogP contribution in [0.4, 0.5) is 16.5 Å². The number of nitro benzene ring substituents is 1.